The van der Waals surface area contributed by atoms with Crippen LogP contribution in [0.2, 0.25) is 0 Å². The molecule has 0 bridgehead atoms. The Hall–Kier alpha value is -2.10. The zero-order chi connectivity index (χ0) is 39.8. The number of aliphatic hydroxyl groups is 2. The number of anilines is 1. The summed E-state index contributed by atoms with van der Waals surface area (Å²) >= 11 is 1.01. The van der Waals surface area contributed by atoms with Crippen LogP contribution < -0.4 is 16.4 Å². The fraction of sp³-hybridized carbons (Fsp3) is 0.600. The van der Waals surface area contributed by atoms with Gasteiger partial charge in [-0.1, -0.05) is 31.7 Å². The van der Waals surface area contributed by atoms with Gasteiger partial charge in [0, 0.05) is 49.5 Å². The molecular formula is C25H40LiN7O17P3S. The SMILES string of the molecule is C/C=C/C(=O)SCCNC(=O)CCNC(=O)[C@H](O)C(C)(C)COP(=O)(O)OP(=O)(O)OC[C@H]1O[C@@H](n2cnc3c(N)ncnc32)[C@H](O)[C@@H]1OP(=O)(O)O.[Li]. The molecule has 299 valence electrons. The largest absolute Gasteiger partial charge is 0.481 e. The molecule has 7 atom stereocenters. The maximum Gasteiger partial charge on any atom is 0.481 e. The van der Waals surface area contributed by atoms with Crippen LogP contribution in [-0.2, 0) is 50.7 Å². The van der Waals surface area contributed by atoms with Gasteiger partial charge in [0.15, 0.2) is 17.7 Å². The number of hydrogen-bond donors (Lipinski definition) is 9. The predicted octanol–water partition coefficient (Wildman–Crippen LogP) is -1.14. The van der Waals surface area contributed by atoms with Gasteiger partial charge in [-0.25, -0.2) is 28.6 Å². The standard InChI is InChI=1S/C25H40N7O17P3S.Li/c1-4-5-16(34)53-9-8-27-15(33)6-7-28-23(37)20(36)25(2,3)11-46-52(43,44)49-51(41,42)45-10-14-19(48-50(38,39)40)18(35)24(47-14)32-13-31-17-21(26)29-12-30-22(17)32;/h4-5,12-14,18-20,24,35-36H,6-11H2,1-3H3,(H,27,33)(H,28,37)(H,41,42)(H,43,44)(H2,26,29,30)(H2,38,39,40);/b5-4+;/t14-,18-,19-,20+,24-;/m1./s1. The third-order valence-electron chi connectivity index (χ3n) is 7.05. The molecule has 24 nitrogen and oxygen atoms in total. The number of phosphoric ester groups is 3. The smallest absolute Gasteiger partial charge is 0.386 e. The number of thioether (sulfide) groups is 1. The summed E-state index contributed by atoms with van der Waals surface area (Å²) in [7, 11) is -16.4. The van der Waals surface area contributed by atoms with Gasteiger partial charge in [-0.3, -0.25) is 32.5 Å². The van der Waals surface area contributed by atoms with Gasteiger partial charge in [-0.05, 0) is 13.0 Å². The summed E-state index contributed by atoms with van der Waals surface area (Å²) in [6, 6.07) is 0. The molecule has 54 heavy (non-hydrogen) atoms. The van der Waals surface area contributed by atoms with Crippen molar-refractivity contribution in [1.82, 2.24) is 30.2 Å². The predicted molar refractivity (Wildman–Crippen MR) is 188 cm³/mol. The van der Waals surface area contributed by atoms with E-state index in [0.29, 0.717) is 5.75 Å². The molecule has 3 rings (SSSR count). The van der Waals surface area contributed by atoms with Gasteiger partial charge < -0.3 is 50.9 Å². The average Bonchev–Trinajstić information content (AvgIpc) is 3.61. The van der Waals surface area contributed by atoms with Crippen molar-refractivity contribution in [3.8, 4) is 0 Å². The average molecular weight is 843 g/mol. The second kappa shape index (κ2) is 20.4. The van der Waals surface area contributed by atoms with E-state index in [1.165, 1.54) is 19.9 Å². The molecule has 2 aromatic heterocycles. The van der Waals surface area contributed by atoms with E-state index in [9.17, 15) is 57.9 Å². The van der Waals surface area contributed by atoms with E-state index < -0.39 is 84.6 Å². The number of nitrogens with two attached hydrogens (primary N) is 1. The Labute approximate surface area is 323 Å². The van der Waals surface area contributed by atoms with Crippen LogP contribution in [0, 0.1) is 5.41 Å². The Morgan fingerprint density at radius 1 is 1.09 bits per heavy atom. The van der Waals surface area contributed by atoms with Gasteiger partial charge in [-0.15, -0.1) is 0 Å². The van der Waals surface area contributed by atoms with Gasteiger partial charge in [0.1, 0.15) is 36.3 Å². The Bertz CT molecular complexity index is 1800. The number of aliphatic hydroxyl groups excluding tert-OH is 2. The number of hydrogen-bond acceptors (Lipinski definition) is 18. The van der Waals surface area contributed by atoms with Crippen molar-refractivity contribution in [2.24, 2.45) is 5.41 Å². The molecule has 1 aliphatic rings. The van der Waals surface area contributed by atoms with Crippen molar-refractivity contribution < 1.29 is 80.5 Å². The summed E-state index contributed by atoms with van der Waals surface area (Å²) in [5.41, 5.74) is 4.26. The number of nitrogens with one attached hydrogen (secondary N) is 2. The molecule has 1 fully saturated rings. The number of imidazole rings is 1. The van der Waals surface area contributed by atoms with Crippen LogP contribution >= 0.6 is 35.2 Å². The van der Waals surface area contributed by atoms with Crippen LogP contribution in [0.5, 0.6) is 0 Å². The maximum atomic E-state index is 12.6. The zero-order valence-corrected chi connectivity index (χ0v) is 32.7. The molecule has 29 heteroatoms. The molecule has 0 aromatic carbocycles. The minimum atomic E-state index is -5.56. The molecule has 1 radical (unpaired) electrons. The first kappa shape index (κ1) is 48.0. The Balaban J connectivity index is 0.0000101. The minimum Gasteiger partial charge on any atom is -0.386 e. The molecule has 1 aliphatic heterocycles. The molecule has 1 saturated heterocycles. The first-order chi connectivity index (χ1) is 24.6. The summed E-state index contributed by atoms with van der Waals surface area (Å²) in [6.45, 7) is 2.17. The number of fused-ring (bicyclic) bond motifs is 1. The maximum absolute atomic E-state index is 12.6. The molecule has 3 heterocycles. The zero-order valence-electron chi connectivity index (χ0n) is 29.2. The van der Waals surface area contributed by atoms with E-state index in [1.54, 1.807) is 13.0 Å². The third-order valence-corrected chi connectivity index (χ3v) is 11.0. The fourth-order valence-corrected chi connectivity index (χ4v) is 7.93. The van der Waals surface area contributed by atoms with Crippen molar-refractivity contribution >= 4 is 88.0 Å². The Kier molecular flexibility index (Phi) is 18.1. The van der Waals surface area contributed by atoms with Gasteiger partial charge >= 0.3 is 23.5 Å². The van der Waals surface area contributed by atoms with Crippen LogP contribution in [0.25, 0.3) is 11.2 Å². The molecular weight excluding hydrogens is 802 g/mol. The van der Waals surface area contributed by atoms with E-state index >= 15 is 0 Å². The van der Waals surface area contributed by atoms with E-state index in [-0.39, 0.29) is 60.5 Å². The molecule has 0 aliphatic carbocycles. The van der Waals surface area contributed by atoms with Gasteiger partial charge in [0.05, 0.1) is 19.5 Å². The van der Waals surface area contributed by atoms with Gasteiger partial charge in [0.25, 0.3) is 0 Å². The van der Waals surface area contributed by atoms with Crippen LogP contribution in [-0.4, -0.2) is 142 Å². The number of nitrogens with zero attached hydrogens (tertiary/aromatic N) is 4. The monoisotopic (exact) mass is 842 g/mol. The number of carbonyl (C=O) groups is 3. The van der Waals surface area contributed by atoms with Crippen LogP contribution in [0.15, 0.2) is 24.8 Å². The number of amides is 2. The van der Waals surface area contributed by atoms with Gasteiger partial charge in [0.2, 0.25) is 16.9 Å². The number of aromatic nitrogens is 4. The Morgan fingerprint density at radius 2 is 1.76 bits per heavy atom. The second-order valence-electron chi connectivity index (χ2n) is 11.7. The molecule has 2 unspecified atom stereocenters. The summed E-state index contributed by atoms with van der Waals surface area (Å²) < 4.78 is 61.9. The summed E-state index contributed by atoms with van der Waals surface area (Å²) in [5.74, 6) is -1.13. The number of nitrogen functional groups attached to an aromatic ring is 1. The van der Waals surface area contributed by atoms with Crippen molar-refractivity contribution in [2.45, 2.75) is 57.8 Å². The van der Waals surface area contributed by atoms with Crippen molar-refractivity contribution in [1.29, 1.82) is 0 Å². The van der Waals surface area contributed by atoms with Crippen LogP contribution in [0.3, 0.4) is 0 Å². The topological polar surface area (TPSA) is 364 Å². The first-order valence-electron chi connectivity index (χ1n) is 15.2. The number of ether oxygens (including phenoxy) is 1. The van der Waals surface area contributed by atoms with E-state index in [4.69, 9.17) is 19.5 Å². The number of rotatable bonds is 20. The third kappa shape index (κ3) is 14.4. The van der Waals surface area contributed by atoms with Crippen molar-refractivity contribution in [2.75, 3.05) is 37.8 Å². The van der Waals surface area contributed by atoms with E-state index in [1.807, 2.05) is 0 Å². The van der Waals surface area contributed by atoms with Crippen LogP contribution in [0.4, 0.5) is 5.82 Å². The summed E-state index contributed by atoms with van der Waals surface area (Å²) in [4.78, 5) is 86.7. The van der Waals surface area contributed by atoms with Crippen LogP contribution in [0.1, 0.15) is 33.4 Å². The first-order valence-corrected chi connectivity index (χ1v) is 20.7. The molecule has 0 spiro atoms. The molecule has 10 N–H and O–H groups in total. The second-order valence-corrected chi connectivity index (χ2v) is 17.1. The Morgan fingerprint density at radius 3 is 2.41 bits per heavy atom. The normalized spacial score (nSPS) is 21.9. The summed E-state index contributed by atoms with van der Waals surface area (Å²) in [5, 5.41) is 26.1. The van der Waals surface area contributed by atoms with Crippen molar-refractivity contribution in [3.05, 3.63) is 24.8 Å². The molecule has 2 amide bonds. The number of carbonyl (C=O) groups excluding carboxylic acids is 3. The number of phosphoric acid groups is 3. The van der Waals surface area contributed by atoms with Gasteiger partial charge in [-0.2, -0.15) is 4.31 Å². The molecule has 2 aromatic rings. The number of allylic oxidation sites excluding steroid dienone is 1. The summed E-state index contributed by atoms with van der Waals surface area (Å²) in [6.07, 6.45) is -3.94. The van der Waals surface area contributed by atoms with Crippen molar-refractivity contribution in [3.63, 3.8) is 0 Å². The minimum absolute atomic E-state index is 0. The molecule has 0 saturated carbocycles. The fourth-order valence-electron chi connectivity index (χ4n) is 4.47. The quantitative estimate of drug-likeness (QED) is 0.0329. The van der Waals surface area contributed by atoms with E-state index in [2.05, 4.69) is 34.4 Å². The van der Waals surface area contributed by atoms with E-state index in [0.717, 1.165) is 29.0 Å².